The fourth-order valence-electron chi connectivity index (χ4n) is 1.64. The van der Waals surface area contributed by atoms with E-state index in [9.17, 15) is 14.7 Å². The highest BCUT2D eigenvalue weighted by Gasteiger charge is 2.36. The zero-order valence-corrected chi connectivity index (χ0v) is 11.2. The Morgan fingerprint density at radius 1 is 1.47 bits per heavy atom. The quantitative estimate of drug-likeness (QED) is 0.769. The number of aryl methyl sites for hydroxylation is 1. The molecule has 0 saturated heterocycles. The maximum Gasteiger partial charge on any atom is 0.329 e. The molecule has 19 heavy (non-hydrogen) atoms. The fourth-order valence-corrected chi connectivity index (χ4v) is 1.64. The molecule has 0 bridgehead atoms. The van der Waals surface area contributed by atoms with E-state index in [1.54, 1.807) is 20.8 Å². The number of aliphatic carboxylic acids is 1. The second-order valence-electron chi connectivity index (χ2n) is 4.21. The van der Waals surface area contributed by atoms with Gasteiger partial charge in [0.2, 0.25) is 0 Å². The standard InChI is InChI=1S/C12H18N2O5/c1-4-12(5-2,11(16)17)13-9(15)7-18-10-6-8(3)19-14-10/h6H,4-5,7H2,1-3H3,(H,13,15)(H,16,17). The maximum atomic E-state index is 11.7. The molecule has 0 radical (unpaired) electrons. The van der Waals surface area contributed by atoms with Crippen LogP contribution in [-0.4, -0.2) is 34.3 Å². The maximum absolute atomic E-state index is 11.7. The van der Waals surface area contributed by atoms with Gasteiger partial charge in [0.1, 0.15) is 11.3 Å². The summed E-state index contributed by atoms with van der Waals surface area (Å²) in [6.07, 6.45) is 0.598. The molecule has 2 N–H and O–H groups in total. The summed E-state index contributed by atoms with van der Waals surface area (Å²) in [6, 6.07) is 1.54. The van der Waals surface area contributed by atoms with Crippen molar-refractivity contribution < 1.29 is 24.0 Å². The van der Waals surface area contributed by atoms with Gasteiger partial charge in [-0.1, -0.05) is 13.8 Å². The Hall–Kier alpha value is -2.05. The van der Waals surface area contributed by atoms with E-state index in [0.29, 0.717) is 18.6 Å². The van der Waals surface area contributed by atoms with Gasteiger partial charge in [0.05, 0.1) is 0 Å². The van der Waals surface area contributed by atoms with Gasteiger partial charge in [-0.2, -0.15) is 0 Å². The van der Waals surface area contributed by atoms with Crippen molar-refractivity contribution in [3.8, 4) is 5.88 Å². The first-order valence-corrected chi connectivity index (χ1v) is 6.04. The first-order chi connectivity index (χ1) is 8.93. The molecule has 0 aliphatic heterocycles. The SMILES string of the molecule is CCC(CC)(NC(=O)COc1cc(C)on1)C(=O)O. The second-order valence-corrected chi connectivity index (χ2v) is 4.21. The summed E-state index contributed by atoms with van der Waals surface area (Å²) >= 11 is 0. The molecule has 106 valence electrons. The number of amides is 1. The van der Waals surface area contributed by atoms with Crippen molar-refractivity contribution in [1.29, 1.82) is 0 Å². The Morgan fingerprint density at radius 2 is 2.11 bits per heavy atom. The van der Waals surface area contributed by atoms with E-state index in [0.717, 1.165) is 0 Å². The van der Waals surface area contributed by atoms with Gasteiger partial charge in [-0.3, -0.25) is 4.79 Å². The zero-order valence-electron chi connectivity index (χ0n) is 11.2. The van der Waals surface area contributed by atoms with Crippen LogP contribution in [0.15, 0.2) is 10.6 Å². The van der Waals surface area contributed by atoms with E-state index >= 15 is 0 Å². The number of carboxylic acids is 1. The number of ether oxygens (including phenoxy) is 1. The van der Waals surface area contributed by atoms with Crippen molar-refractivity contribution in [3.05, 3.63) is 11.8 Å². The molecule has 1 aromatic heterocycles. The van der Waals surface area contributed by atoms with Gasteiger partial charge in [0.15, 0.2) is 6.61 Å². The first kappa shape index (κ1) is 15.0. The summed E-state index contributed by atoms with van der Waals surface area (Å²) < 4.78 is 9.87. The van der Waals surface area contributed by atoms with Gasteiger partial charge in [-0.15, -0.1) is 0 Å². The van der Waals surface area contributed by atoms with Crippen molar-refractivity contribution in [3.63, 3.8) is 0 Å². The molecule has 1 rings (SSSR count). The number of hydrogen-bond acceptors (Lipinski definition) is 5. The molecule has 1 amide bonds. The number of carbonyl (C=O) groups excluding carboxylic acids is 1. The molecule has 0 fully saturated rings. The highest BCUT2D eigenvalue weighted by atomic mass is 16.5. The smallest absolute Gasteiger partial charge is 0.329 e. The van der Waals surface area contributed by atoms with Crippen LogP contribution in [0.3, 0.4) is 0 Å². The molecule has 1 aromatic rings. The Kier molecular flexibility index (Phi) is 4.91. The lowest BCUT2D eigenvalue weighted by molar-refractivity contribution is -0.148. The Labute approximate surface area is 110 Å². The lowest BCUT2D eigenvalue weighted by atomic mass is 9.93. The summed E-state index contributed by atoms with van der Waals surface area (Å²) in [5, 5.41) is 15.2. The monoisotopic (exact) mass is 270 g/mol. The summed E-state index contributed by atoms with van der Waals surface area (Å²) in [6.45, 7) is 4.81. The minimum atomic E-state index is -1.25. The minimum absolute atomic E-state index is 0.196. The van der Waals surface area contributed by atoms with Crippen LogP contribution in [0.5, 0.6) is 5.88 Å². The highest BCUT2D eigenvalue weighted by molar-refractivity contribution is 5.87. The van der Waals surface area contributed by atoms with Crippen LogP contribution in [0.1, 0.15) is 32.4 Å². The fraction of sp³-hybridized carbons (Fsp3) is 0.583. The van der Waals surface area contributed by atoms with Crippen molar-refractivity contribution in [2.75, 3.05) is 6.61 Å². The molecule has 0 aliphatic rings. The van der Waals surface area contributed by atoms with Crippen molar-refractivity contribution in [2.24, 2.45) is 0 Å². The number of aromatic nitrogens is 1. The third-order valence-electron chi connectivity index (χ3n) is 2.95. The minimum Gasteiger partial charge on any atom is -0.480 e. The van der Waals surface area contributed by atoms with Crippen molar-refractivity contribution in [2.45, 2.75) is 39.2 Å². The van der Waals surface area contributed by atoms with Gasteiger partial charge >= 0.3 is 5.97 Å². The van der Waals surface area contributed by atoms with E-state index in [4.69, 9.17) is 9.26 Å². The third-order valence-corrected chi connectivity index (χ3v) is 2.95. The largest absolute Gasteiger partial charge is 0.480 e. The van der Waals surface area contributed by atoms with E-state index in [2.05, 4.69) is 10.5 Å². The van der Waals surface area contributed by atoms with Crippen LogP contribution in [0.25, 0.3) is 0 Å². The molecule has 0 unspecified atom stereocenters. The molecule has 7 nitrogen and oxygen atoms in total. The van der Waals surface area contributed by atoms with Gasteiger partial charge in [0, 0.05) is 6.07 Å². The van der Waals surface area contributed by atoms with Crippen LogP contribution in [-0.2, 0) is 9.59 Å². The molecule has 0 saturated carbocycles. The molecule has 1 heterocycles. The van der Waals surface area contributed by atoms with Crippen LogP contribution < -0.4 is 10.1 Å². The van der Waals surface area contributed by atoms with Gasteiger partial charge < -0.3 is 19.7 Å². The Morgan fingerprint density at radius 3 is 2.53 bits per heavy atom. The zero-order chi connectivity index (χ0) is 14.5. The van der Waals surface area contributed by atoms with E-state index in [1.165, 1.54) is 6.07 Å². The lowest BCUT2D eigenvalue weighted by Crippen LogP contribution is -2.54. The van der Waals surface area contributed by atoms with Crippen LogP contribution in [0, 0.1) is 6.92 Å². The molecule has 0 aliphatic carbocycles. The lowest BCUT2D eigenvalue weighted by Gasteiger charge is -2.27. The Balaban J connectivity index is 2.56. The number of rotatable bonds is 7. The van der Waals surface area contributed by atoms with Crippen LogP contribution >= 0.6 is 0 Å². The number of hydrogen-bond donors (Lipinski definition) is 2. The summed E-state index contributed by atoms with van der Waals surface area (Å²) in [5.41, 5.74) is -1.25. The number of nitrogens with one attached hydrogen (secondary N) is 1. The predicted molar refractivity (Wildman–Crippen MR) is 65.8 cm³/mol. The number of carboxylic acid groups (broad SMARTS) is 1. The molecule has 0 atom stereocenters. The van der Waals surface area contributed by atoms with Gasteiger partial charge in [0.25, 0.3) is 11.8 Å². The topological polar surface area (TPSA) is 102 Å². The molecular formula is C12H18N2O5. The highest BCUT2D eigenvalue weighted by Crippen LogP contribution is 2.15. The average molecular weight is 270 g/mol. The summed E-state index contributed by atoms with van der Waals surface area (Å²) in [4.78, 5) is 22.9. The Bertz CT molecular complexity index is 451. The van der Waals surface area contributed by atoms with Crippen molar-refractivity contribution in [1.82, 2.24) is 10.5 Å². The second kappa shape index (κ2) is 6.21. The average Bonchev–Trinajstić information content (AvgIpc) is 2.79. The van der Waals surface area contributed by atoms with E-state index in [-0.39, 0.29) is 12.5 Å². The van der Waals surface area contributed by atoms with Crippen LogP contribution in [0.2, 0.25) is 0 Å². The van der Waals surface area contributed by atoms with Crippen LogP contribution in [0.4, 0.5) is 0 Å². The normalized spacial score (nSPS) is 11.1. The van der Waals surface area contributed by atoms with E-state index in [1.807, 2.05) is 0 Å². The molecule has 0 spiro atoms. The van der Waals surface area contributed by atoms with Gasteiger partial charge in [-0.05, 0) is 24.9 Å². The summed E-state index contributed by atoms with van der Waals surface area (Å²) in [7, 11) is 0. The number of nitrogens with zero attached hydrogens (tertiary/aromatic N) is 1. The first-order valence-electron chi connectivity index (χ1n) is 6.04. The summed E-state index contributed by atoms with van der Waals surface area (Å²) in [5.74, 6) is -0.797. The van der Waals surface area contributed by atoms with Gasteiger partial charge in [-0.25, -0.2) is 4.79 Å². The molecule has 7 heteroatoms. The molecular weight excluding hydrogens is 252 g/mol. The third kappa shape index (κ3) is 3.70. The van der Waals surface area contributed by atoms with Crippen molar-refractivity contribution >= 4 is 11.9 Å². The van der Waals surface area contributed by atoms with E-state index < -0.39 is 17.4 Å². The molecule has 0 aromatic carbocycles. The predicted octanol–water partition coefficient (Wildman–Crippen LogP) is 1.12. The number of carbonyl (C=O) groups is 2.